The molecule has 1 aromatic rings. The largest absolute Gasteiger partial charge is 0.336 e. The number of hydrogen-bond donors (Lipinski definition) is 1. The molecule has 0 aliphatic carbocycles. The lowest BCUT2D eigenvalue weighted by Gasteiger charge is -2.60. The number of amides is 2. The van der Waals surface area contributed by atoms with E-state index in [-0.39, 0.29) is 12.1 Å². The van der Waals surface area contributed by atoms with E-state index in [0.29, 0.717) is 18.0 Å². The number of carbonyl (C=O) groups excluding carboxylic acids is 1. The summed E-state index contributed by atoms with van der Waals surface area (Å²) in [6.45, 7) is 5.62. The van der Waals surface area contributed by atoms with Crippen molar-refractivity contribution >= 4 is 22.0 Å². The fourth-order valence-electron chi connectivity index (χ4n) is 3.55. The van der Waals surface area contributed by atoms with Gasteiger partial charge in [-0.05, 0) is 38.6 Å². The molecular formula is C16H22BrN3O. The molecule has 5 heteroatoms. The second-order valence-corrected chi connectivity index (χ2v) is 7.30. The molecule has 2 bridgehead atoms. The van der Waals surface area contributed by atoms with Crippen LogP contribution in [0.25, 0.3) is 0 Å². The monoisotopic (exact) mass is 351 g/mol. The molecule has 3 atom stereocenters. The van der Waals surface area contributed by atoms with E-state index in [1.165, 1.54) is 5.56 Å². The molecule has 3 heterocycles. The maximum Gasteiger partial charge on any atom is 0.317 e. The maximum atomic E-state index is 12.2. The average molecular weight is 352 g/mol. The molecular weight excluding hydrogens is 330 g/mol. The van der Waals surface area contributed by atoms with E-state index in [2.05, 4.69) is 57.5 Å². The van der Waals surface area contributed by atoms with E-state index in [4.69, 9.17) is 0 Å². The fraction of sp³-hybridized carbons (Fsp3) is 0.562. The minimum atomic E-state index is 0.0716. The van der Waals surface area contributed by atoms with Gasteiger partial charge in [0.2, 0.25) is 0 Å². The van der Waals surface area contributed by atoms with Gasteiger partial charge in [-0.15, -0.1) is 0 Å². The van der Waals surface area contributed by atoms with Gasteiger partial charge in [-0.25, -0.2) is 4.79 Å². The van der Waals surface area contributed by atoms with Crippen LogP contribution in [0.1, 0.15) is 25.3 Å². The van der Waals surface area contributed by atoms with Crippen LogP contribution in [0.3, 0.4) is 0 Å². The van der Waals surface area contributed by atoms with Crippen LogP contribution in [-0.2, 0) is 0 Å². The molecule has 3 aliphatic heterocycles. The number of hydrogen-bond acceptors (Lipinski definition) is 2. The number of rotatable bonds is 2. The van der Waals surface area contributed by atoms with Crippen molar-refractivity contribution in [3.63, 3.8) is 0 Å². The zero-order chi connectivity index (χ0) is 15.1. The molecule has 3 aliphatic rings. The number of piperidine rings is 1. The van der Waals surface area contributed by atoms with E-state index in [0.717, 1.165) is 17.6 Å². The van der Waals surface area contributed by atoms with Crippen LogP contribution in [0.5, 0.6) is 0 Å². The van der Waals surface area contributed by atoms with Crippen molar-refractivity contribution in [1.29, 1.82) is 0 Å². The number of nitrogens with zero attached hydrogens (tertiary/aromatic N) is 2. The number of fused-ring (bicyclic) bond motifs is 2. The number of urea groups is 1. The van der Waals surface area contributed by atoms with Gasteiger partial charge in [-0.1, -0.05) is 28.1 Å². The fourth-order valence-corrected chi connectivity index (χ4v) is 3.82. The molecule has 1 N–H and O–H groups in total. The SMILES string of the molecule is CC(C)NC(=O)N1C[C@@H]2C(c3ccc(Br)cc3)[C@H](C1)N2C. The second kappa shape index (κ2) is 5.61. The molecule has 21 heavy (non-hydrogen) atoms. The van der Waals surface area contributed by atoms with Crippen molar-refractivity contribution in [2.24, 2.45) is 0 Å². The number of likely N-dealkylation sites (N-methyl/N-ethyl adjacent to an activating group) is 1. The average Bonchev–Trinajstić information content (AvgIpc) is 2.46. The van der Waals surface area contributed by atoms with E-state index < -0.39 is 0 Å². The van der Waals surface area contributed by atoms with Crippen LogP contribution < -0.4 is 5.32 Å². The van der Waals surface area contributed by atoms with Gasteiger partial charge in [0.1, 0.15) is 0 Å². The maximum absolute atomic E-state index is 12.2. The van der Waals surface area contributed by atoms with E-state index >= 15 is 0 Å². The van der Waals surface area contributed by atoms with Crippen LogP contribution in [0.15, 0.2) is 28.7 Å². The van der Waals surface area contributed by atoms with Gasteiger partial charge in [0, 0.05) is 41.6 Å². The Morgan fingerprint density at radius 2 is 1.81 bits per heavy atom. The van der Waals surface area contributed by atoms with Crippen molar-refractivity contribution in [2.45, 2.75) is 37.9 Å². The summed E-state index contributed by atoms with van der Waals surface area (Å²) in [5.41, 5.74) is 1.38. The summed E-state index contributed by atoms with van der Waals surface area (Å²) in [5, 5.41) is 2.99. The summed E-state index contributed by atoms with van der Waals surface area (Å²) in [4.78, 5) is 16.5. The Balaban J connectivity index is 1.70. The Morgan fingerprint density at radius 3 is 2.33 bits per heavy atom. The Morgan fingerprint density at radius 1 is 1.24 bits per heavy atom. The van der Waals surface area contributed by atoms with Crippen LogP contribution in [0.2, 0.25) is 0 Å². The molecule has 2 amide bonds. The summed E-state index contributed by atoms with van der Waals surface area (Å²) in [7, 11) is 2.17. The van der Waals surface area contributed by atoms with Gasteiger partial charge >= 0.3 is 6.03 Å². The number of piperazine rings is 1. The van der Waals surface area contributed by atoms with Crippen LogP contribution in [-0.4, -0.2) is 54.1 Å². The lowest BCUT2D eigenvalue weighted by Crippen LogP contribution is -2.73. The van der Waals surface area contributed by atoms with Crippen molar-refractivity contribution in [2.75, 3.05) is 20.1 Å². The van der Waals surface area contributed by atoms with Gasteiger partial charge < -0.3 is 10.2 Å². The topological polar surface area (TPSA) is 35.6 Å². The molecule has 3 fully saturated rings. The Hall–Kier alpha value is -1.07. The summed E-state index contributed by atoms with van der Waals surface area (Å²) in [6.07, 6.45) is 0. The first-order chi connectivity index (χ1) is 9.97. The number of benzene rings is 1. The molecule has 0 radical (unpaired) electrons. The normalized spacial score (nSPS) is 28.4. The quantitative estimate of drug-likeness (QED) is 0.888. The predicted molar refractivity (Wildman–Crippen MR) is 87.5 cm³/mol. The molecule has 114 valence electrons. The third-order valence-corrected chi connectivity index (χ3v) is 5.17. The molecule has 4 rings (SSSR count). The molecule has 0 spiro atoms. The molecule has 0 saturated carbocycles. The van der Waals surface area contributed by atoms with Crippen LogP contribution in [0.4, 0.5) is 4.79 Å². The van der Waals surface area contributed by atoms with E-state index in [1.807, 2.05) is 18.7 Å². The lowest BCUT2D eigenvalue weighted by atomic mass is 9.72. The first-order valence-electron chi connectivity index (χ1n) is 7.50. The zero-order valence-electron chi connectivity index (χ0n) is 12.7. The first-order valence-corrected chi connectivity index (χ1v) is 8.29. The van der Waals surface area contributed by atoms with Crippen LogP contribution in [0, 0.1) is 0 Å². The highest BCUT2D eigenvalue weighted by Crippen LogP contribution is 2.43. The molecule has 1 unspecified atom stereocenters. The minimum Gasteiger partial charge on any atom is -0.336 e. The van der Waals surface area contributed by atoms with Crippen molar-refractivity contribution in [3.8, 4) is 0 Å². The van der Waals surface area contributed by atoms with Crippen molar-refractivity contribution < 1.29 is 4.79 Å². The van der Waals surface area contributed by atoms with Gasteiger partial charge in [0.05, 0.1) is 0 Å². The molecule has 4 nitrogen and oxygen atoms in total. The molecule has 3 saturated heterocycles. The summed E-state index contributed by atoms with van der Waals surface area (Å²) in [5.74, 6) is 0.547. The highest BCUT2D eigenvalue weighted by molar-refractivity contribution is 9.10. The summed E-state index contributed by atoms with van der Waals surface area (Å²) >= 11 is 3.49. The highest BCUT2D eigenvalue weighted by Gasteiger charge is 2.52. The Kier molecular flexibility index (Phi) is 3.97. The lowest BCUT2D eigenvalue weighted by molar-refractivity contribution is -0.0598. The van der Waals surface area contributed by atoms with Crippen molar-refractivity contribution in [1.82, 2.24) is 15.1 Å². The van der Waals surface area contributed by atoms with E-state index in [1.54, 1.807) is 0 Å². The predicted octanol–water partition coefficient (Wildman–Crippen LogP) is 2.65. The standard InChI is InChI=1S/C16H22BrN3O/c1-10(2)18-16(21)20-8-13-15(14(9-20)19(13)3)11-4-6-12(17)7-5-11/h4-7,10,13-15H,8-9H2,1-3H3,(H,18,21)/t13-,14+,15?. The van der Waals surface area contributed by atoms with E-state index in [9.17, 15) is 4.79 Å². The first kappa shape index (κ1) is 14.9. The highest BCUT2D eigenvalue weighted by atomic mass is 79.9. The summed E-state index contributed by atoms with van der Waals surface area (Å²) < 4.78 is 1.11. The Bertz CT molecular complexity index is 517. The Labute approximate surface area is 134 Å². The van der Waals surface area contributed by atoms with Gasteiger partial charge in [0.15, 0.2) is 0 Å². The third-order valence-electron chi connectivity index (χ3n) is 4.64. The zero-order valence-corrected chi connectivity index (χ0v) is 14.3. The molecule has 1 aromatic carbocycles. The van der Waals surface area contributed by atoms with Crippen LogP contribution >= 0.6 is 15.9 Å². The van der Waals surface area contributed by atoms with Crippen molar-refractivity contribution in [3.05, 3.63) is 34.3 Å². The number of nitrogens with one attached hydrogen (secondary N) is 1. The van der Waals surface area contributed by atoms with Gasteiger partial charge in [-0.2, -0.15) is 0 Å². The van der Waals surface area contributed by atoms with Gasteiger partial charge in [0.25, 0.3) is 0 Å². The number of halogens is 1. The third kappa shape index (κ3) is 2.69. The summed E-state index contributed by atoms with van der Waals surface area (Å²) in [6, 6.07) is 9.74. The van der Waals surface area contributed by atoms with Gasteiger partial charge in [-0.3, -0.25) is 4.90 Å². The minimum absolute atomic E-state index is 0.0716. The second-order valence-electron chi connectivity index (χ2n) is 6.39. The number of carbonyl (C=O) groups is 1. The smallest absolute Gasteiger partial charge is 0.317 e. The molecule has 0 aromatic heterocycles.